The average Bonchev–Trinajstić information content (AvgIpc) is 2.52. The van der Waals surface area contributed by atoms with Crippen LogP contribution in [0.2, 0.25) is 0 Å². The van der Waals surface area contributed by atoms with E-state index >= 15 is 0 Å². The van der Waals surface area contributed by atoms with Gasteiger partial charge in [-0.25, -0.2) is 0 Å². The standard InChI is InChI=1S/C18H20N2O4/c1-11(19-12(2)21)18(24)20-16(10-17(22)23)15-9-5-7-13-6-3-4-8-14(13)15/h3-9,11,16H,10H2,1-2H3,(H,19,21)(H,20,24)(H,22,23)/t11?,16-/m1/s1. The monoisotopic (exact) mass is 328 g/mol. The van der Waals surface area contributed by atoms with E-state index in [1.807, 2.05) is 36.4 Å². The van der Waals surface area contributed by atoms with Crippen molar-refractivity contribution >= 4 is 28.6 Å². The third-order valence-corrected chi connectivity index (χ3v) is 3.71. The number of benzene rings is 2. The van der Waals surface area contributed by atoms with Crippen LogP contribution in [0.15, 0.2) is 42.5 Å². The lowest BCUT2D eigenvalue weighted by atomic mass is 9.96. The first-order valence-corrected chi connectivity index (χ1v) is 7.65. The molecule has 0 saturated heterocycles. The molecule has 6 nitrogen and oxygen atoms in total. The SMILES string of the molecule is CC(=O)NC(C)C(=O)N[C@H](CC(=O)O)c1cccc2ccccc12. The Morgan fingerprint density at radius 3 is 2.38 bits per heavy atom. The molecule has 2 aromatic carbocycles. The van der Waals surface area contributed by atoms with Crippen LogP contribution in [0, 0.1) is 0 Å². The molecule has 2 aromatic rings. The molecule has 0 saturated carbocycles. The lowest BCUT2D eigenvalue weighted by Gasteiger charge is -2.22. The number of fused-ring (bicyclic) bond motifs is 1. The van der Waals surface area contributed by atoms with Crippen LogP contribution in [-0.4, -0.2) is 28.9 Å². The number of hydrogen-bond acceptors (Lipinski definition) is 3. The molecule has 0 fully saturated rings. The molecule has 0 aromatic heterocycles. The maximum Gasteiger partial charge on any atom is 0.305 e. The topological polar surface area (TPSA) is 95.5 Å². The van der Waals surface area contributed by atoms with Crippen molar-refractivity contribution in [2.45, 2.75) is 32.4 Å². The minimum atomic E-state index is -1.01. The van der Waals surface area contributed by atoms with E-state index in [0.29, 0.717) is 0 Å². The van der Waals surface area contributed by atoms with Gasteiger partial charge in [-0.15, -0.1) is 0 Å². The molecular formula is C18H20N2O4. The van der Waals surface area contributed by atoms with Gasteiger partial charge in [-0.1, -0.05) is 42.5 Å². The van der Waals surface area contributed by atoms with E-state index in [1.54, 1.807) is 13.0 Å². The Bertz CT molecular complexity index is 767. The van der Waals surface area contributed by atoms with E-state index in [1.165, 1.54) is 6.92 Å². The Hall–Kier alpha value is -2.89. The van der Waals surface area contributed by atoms with Crippen LogP contribution in [0.25, 0.3) is 10.8 Å². The molecule has 0 aliphatic heterocycles. The number of carbonyl (C=O) groups excluding carboxylic acids is 2. The second-order valence-electron chi connectivity index (χ2n) is 5.65. The quantitative estimate of drug-likeness (QED) is 0.756. The smallest absolute Gasteiger partial charge is 0.305 e. The highest BCUT2D eigenvalue weighted by Crippen LogP contribution is 2.26. The van der Waals surface area contributed by atoms with Crippen molar-refractivity contribution in [1.82, 2.24) is 10.6 Å². The van der Waals surface area contributed by atoms with Gasteiger partial charge in [-0.05, 0) is 23.3 Å². The van der Waals surface area contributed by atoms with Gasteiger partial charge in [0.2, 0.25) is 11.8 Å². The predicted molar refractivity (Wildman–Crippen MR) is 90.4 cm³/mol. The zero-order valence-electron chi connectivity index (χ0n) is 13.6. The van der Waals surface area contributed by atoms with Gasteiger partial charge in [0.1, 0.15) is 6.04 Å². The van der Waals surface area contributed by atoms with Gasteiger partial charge in [0.25, 0.3) is 0 Å². The van der Waals surface area contributed by atoms with Crippen molar-refractivity contribution in [2.24, 2.45) is 0 Å². The fourth-order valence-electron chi connectivity index (χ4n) is 2.63. The highest BCUT2D eigenvalue weighted by atomic mass is 16.4. The summed E-state index contributed by atoms with van der Waals surface area (Å²) < 4.78 is 0. The van der Waals surface area contributed by atoms with Gasteiger partial charge >= 0.3 is 5.97 Å². The fourth-order valence-corrected chi connectivity index (χ4v) is 2.63. The molecule has 0 spiro atoms. The number of carboxylic acid groups (broad SMARTS) is 1. The van der Waals surface area contributed by atoms with Gasteiger partial charge < -0.3 is 15.7 Å². The van der Waals surface area contributed by atoms with Crippen LogP contribution in [0.1, 0.15) is 31.9 Å². The zero-order chi connectivity index (χ0) is 17.7. The van der Waals surface area contributed by atoms with Gasteiger partial charge in [0.05, 0.1) is 12.5 Å². The summed E-state index contributed by atoms with van der Waals surface area (Å²) in [5, 5.41) is 16.3. The van der Waals surface area contributed by atoms with Crippen LogP contribution in [0.5, 0.6) is 0 Å². The van der Waals surface area contributed by atoms with E-state index < -0.39 is 24.0 Å². The van der Waals surface area contributed by atoms with Crippen molar-refractivity contribution in [3.63, 3.8) is 0 Å². The first-order chi connectivity index (χ1) is 11.4. The third-order valence-electron chi connectivity index (χ3n) is 3.71. The molecule has 2 amide bonds. The maximum atomic E-state index is 12.3. The van der Waals surface area contributed by atoms with Crippen molar-refractivity contribution in [2.75, 3.05) is 0 Å². The van der Waals surface area contributed by atoms with Crippen LogP contribution in [0.3, 0.4) is 0 Å². The number of carbonyl (C=O) groups is 3. The molecule has 1 unspecified atom stereocenters. The summed E-state index contributed by atoms with van der Waals surface area (Å²) >= 11 is 0. The Morgan fingerprint density at radius 1 is 1.04 bits per heavy atom. The number of carboxylic acids is 1. The van der Waals surface area contributed by atoms with Crippen LogP contribution in [0.4, 0.5) is 0 Å². The van der Waals surface area contributed by atoms with E-state index in [9.17, 15) is 19.5 Å². The summed E-state index contributed by atoms with van der Waals surface area (Å²) in [7, 11) is 0. The molecule has 0 aliphatic rings. The summed E-state index contributed by atoms with van der Waals surface area (Å²) in [5.74, 6) is -1.76. The normalized spacial score (nSPS) is 13.1. The average molecular weight is 328 g/mol. The molecule has 2 atom stereocenters. The Kier molecular flexibility index (Phi) is 5.52. The molecule has 0 bridgehead atoms. The van der Waals surface area contributed by atoms with Crippen molar-refractivity contribution in [3.8, 4) is 0 Å². The number of amides is 2. The first-order valence-electron chi connectivity index (χ1n) is 7.65. The van der Waals surface area contributed by atoms with E-state index in [0.717, 1.165) is 16.3 Å². The summed E-state index contributed by atoms with van der Waals surface area (Å²) in [6.45, 7) is 2.88. The molecule has 6 heteroatoms. The molecule has 126 valence electrons. The fraction of sp³-hybridized carbons (Fsp3) is 0.278. The lowest BCUT2D eigenvalue weighted by Crippen LogP contribution is -2.45. The second kappa shape index (κ2) is 7.59. The Morgan fingerprint density at radius 2 is 1.71 bits per heavy atom. The van der Waals surface area contributed by atoms with E-state index in [-0.39, 0.29) is 12.3 Å². The van der Waals surface area contributed by atoms with Crippen LogP contribution in [-0.2, 0) is 14.4 Å². The van der Waals surface area contributed by atoms with Gasteiger partial charge in [-0.3, -0.25) is 14.4 Å². The Balaban J connectivity index is 2.32. The number of aliphatic carboxylic acids is 1. The molecule has 0 aliphatic carbocycles. The summed E-state index contributed by atoms with van der Waals surface area (Å²) in [4.78, 5) is 34.6. The molecule has 0 heterocycles. The third kappa shape index (κ3) is 4.32. The van der Waals surface area contributed by atoms with Gasteiger partial charge in [0.15, 0.2) is 0 Å². The first kappa shape index (κ1) is 17.5. The molecule has 0 radical (unpaired) electrons. The van der Waals surface area contributed by atoms with Crippen molar-refractivity contribution in [1.29, 1.82) is 0 Å². The predicted octanol–water partition coefficient (Wildman–Crippen LogP) is 2.00. The van der Waals surface area contributed by atoms with E-state index in [2.05, 4.69) is 10.6 Å². The molecule has 2 rings (SSSR count). The summed E-state index contributed by atoms with van der Waals surface area (Å²) in [5.41, 5.74) is 0.735. The Labute approximate surface area is 139 Å². The number of hydrogen-bond donors (Lipinski definition) is 3. The second-order valence-corrected chi connectivity index (χ2v) is 5.65. The highest BCUT2D eigenvalue weighted by Gasteiger charge is 2.23. The van der Waals surface area contributed by atoms with Crippen LogP contribution >= 0.6 is 0 Å². The number of rotatable bonds is 6. The van der Waals surface area contributed by atoms with E-state index in [4.69, 9.17) is 0 Å². The van der Waals surface area contributed by atoms with Crippen molar-refractivity contribution < 1.29 is 19.5 Å². The molecular weight excluding hydrogens is 308 g/mol. The minimum Gasteiger partial charge on any atom is -0.481 e. The minimum absolute atomic E-state index is 0.244. The van der Waals surface area contributed by atoms with Gasteiger partial charge in [0, 0.05) is 6.92 Å². The van der Waals surface area contributed by atoms with Crippen LogP contribution < -0.4 is 10.6 Å². The highest BCUT2D eigenvalue weighted by molar-refractivity contribution is 5.89. The van der Waals surface area contributed by atoms with Crippen molar-refractivity contribution in [3.05, 3.63) is 48.0 Å². The zero-order valence-corrected chi connectivity index (χ0v) is 13.6. The maximum absolute atomic E-state index is 12.3. The lowest BCUT2D eigenvalue weighted by molar-refractivity contribution is -0.138. The number of nitrogens with one attached hydrogen (secondary N) is 2. The molecule has 3 N–H and O–H groups in total. The molecule has 24 heavy (non-hydrogen) atoms. The largest absolute Gasteiger partial charge is 0.481 e. The summed E-state index contributed by atoms with van der Waals surface area (Å²) in [6, 6.07) is 11.7. The summed E-state index contributed by atoms with van der Waals surface area (Å²) in [6.07, 6.45) is -0.244. The van der Waals surface area contributed by atoms with Gasteiger partial charge in [-0.2, -0.15) is 0 Å².